The quantitative estimate of drug-likeness (QED) is 0.692. The Kier molecular flexibility index (Phi) is 5.78. The summed E-state index contributed by atoms with van der Waals surface area (Å²) in [7, 11) is -3.61. The van der Waals surface area contributed by atoms with Gasteiger partial charge in [-0.3, -0.25) is 14.5 Å². The number of nitrogens with zero attached hydrogens (tertiary/aromatic N) is 3. The van der Waals surface area contributed by atoms with Crippen LogP contribution in [-0.4, -0.2) is 78.6 Å². The molecule has 168 valence electrons. The number of rotatable bonds is 4. The number of hydrogen-bond donors (Lipinski definition) is 1. The maximum Gasteiger partial charge on any atom is 0.325 e. The highest BCUT2D eigenvalue weighted by molar-refractivity contribution is 7.89. The molecule has 4 rings (SSSR count). The van der Waals surface area contributed by atoms with E-state index in [2.05, 4.69) is 5.32 Å². The largest absolute Gasteiger partial charge is 0.338 e. The highest BCUT2D eigenvalue weighted by Crippen LogP contribution is 2.38. The number of piperazine rings is 1. The minimum Gasteiger partial charge on any atom is -0.338 e. The Morgan fingerprint density at radius 2 is 1.77 bits per heavy atom. The summed E-state index contributed by atoms with van der Waals surface area (Å²) in [6, 6.07) is 7.68. The number of urea groups is 1. The molecule has 2 atom stereocenters. The SMILES string of the molecule is CC1CCCCC12NC(=O)N(CC(=O)N1CCN(S(=O)(=O)c3ccccc3)CC1)C2=O. The molecule has 2 aliphatic heterocycles. The van der Waals surface area contributed by atoms with Crippen molar-refractivity contribution < 1.29 is 22.8 Å². The Balaban J connectivity index is 1.37. The number of benzene rings is 1. The number of nitrogens with one attached hydrogen (secondary N) is 1. The second kappa shape index (κ2) is 8.23. The zero-order chi connectivity index (χ0) is 22.2. The highest BCUT2D eigenvalue weighted by Gasteiger charge is 2.55. The van der Waals surface area contributed by atoms with Gasteiger partial charge in [-0.1, -0.05) is 38.0 Å². The second-order valence-electron chi connectivity index (χ2n) is 8.54. The van der Waals surface area contributed by atoms with Crippen LogP contribution in [0.15, 0.2) is 35.2 Å². The van der Waals surface area contributed by atoms with Crippen molar-refractivity contribution >= 4 is 27.9 Å². The van der Waals surface area contributed by atoms with Gasteiger partial charge in [-0.15, -0.1) is 0 Å². The van der Waals surface area contributed by atoms with Crippen LogP contribution < -0.4 is 5.32 Å². The molecule has 1 aromatic rings. The summed E-state index contributed by atoms with van der Waals surface area (Å²) in [5.74, 6) is -0.631. The smallest absolute Gasteiger partial charge is 0.325 e. The summed E-state index contributed by atoms with van der Waals surface area (Å²) >= 11 is 0. The standard InChI is InChI=1S/C21H28N4O5S/c1-16-7-5-6-10-21(16)19(27)25(20(28)22-21)15-18(26)23-11-13-24(14-12-23)31(29,30)17-8-3-2-4-9-17/h2-4,8-9,16H,5-7,10-15H2,1H3,(H,22,28). The van der Waals surface area contributed by atoms with Gasteiger partial charge >= 0.3 is 6.03 Å². The normalized spacial score (nSPS) is 27.6. The third kappa shape index (κ3) is 3.82. The lowest BCUT2D eigenvalue weighted by Gasteiger charge is -2.37. The lowest BCUT2D eigenvalue weighted by molar-refractivity contribution is -0.141. The van der Waals surface area contributed by atoms with Gasteiger partial charge in [0.2, 0.25) is 15.9 Å². The molecule has 4 amide bonds. The first-order valence-electron chi connectivity index (χ1n) is 10.7. The van der Waals surface area contributed by atoms with Crippen molar-refractivity contribution in [2.75, 3.05) is 32.7 Å². The van der Waals surface area contributed by atoms with Crippen LogP contribution in [0.2, 0.25) is 0 Å². The molecule has 2 heterocycles. The highest BCUT2D eigenvalue weighted by atomic mass is 32.2. The summed E-state index contributed by atoms with van der Waals surface area (Å²) in [6.45, 7) is 2.43. The molecule has 2 unspecified atom stereocenters. The van der Waals surface area contributed by atoms with Crippen molar-refractivity contribution in [3.05, 3.63) is 30.3 Å². The number of carbonyl (C=O) groups is 3. The minimum absolute atomic E-state index is 0.0320. The predicted molar refractivity (Wildman–Crippen MR) is 112 cm³/mol. The fraction of sp³-hybridized carbons (Fsp3) is 0.571. The number of carbonyl (C=O) groups excluding carboxylic acids is 3. The Morgan fingerprint density at radius 1 is 1.10 bits per heavy atom. The van der Waals surface area contributed by atoms with Crippen molar-refractivity contribution in [3.63, 3.8) is 0 Å². The van der Waals surface area contributed by atoms with E-state index >= 15 is 0 Å². The summed E-state index contributed by atoms with van der Waals surface area (Å²) in [6.07, 6.45) is 3.36. The minimum atomic E-state index is -3.61. The van der Waals surface area contributed by atoms with Crippen LogP contribution in [0.5, 0.6) is 0 Å². The van der Waals surface area contributed by atoms with Gasteiger partial charge < -0.3 is 10.2 Å². The third-order valence-corrected chi connectivity index (χ3v) is 8.68. The molecule has 0 aromatic heterocycles. The molecule has 2 saturated heterocycles. The molecule has 1 spiro atoms. The number of hydrogen-bond acceptors (Lipinski definition) is 5. The molecule has 1 aliphatic carbocycles. The lowest BCUT2D eigenvalue weighted by atomic mass is 9.73. The molecule has 10 heteroatoms. The number of amides is 4. The van der Waals surface area contributed by atoms with Gasteiger partial charge in [0.15, 0.2) is 0 Å². The summed E-state index contributed by atoms with van der Waals surface area (Å²) in [5, 5.41) is 2.85. The Bertz CT molecular complexity index is 975. The van der Waals surface area contributed by atoms with Gasteiger partial charge in [0.25, 0.3) is 5.91 Å². The molecule has 3 fully saturated rings. The number of imide groups is 1. The molecular weight excluding hydrogens is 420 g/mol. The van der Waals surface area contributed by atoms with E-state index in [9.17, 15) is 22.8 Å². The molecule has 1 N–H and O–H groups in total. The van der Waals surface area contributed by atoms with Gasteiger partial charge in [-0.05, 0) is 30.9 Å². The summed E-state index contributed by atoms with van der Waals surface area (Å²) in [4.78, 5) is 41.1. The van der Waals surface area contributed by atoms with Crippen LogP contribution in [0.1, 0.15) is 32.6 Å². The summed E-state index contributed by atoms with van der Waals surface area (Å²) in [5.41, 5.74) is -0.891. The monoisotopic (exact) mass is 448 g/mol. The van der Waals surface area contributed by atoms with Crippen molar-refractivity contribution in [3.8, 4) is 0 Å². The van der Waals surface area contributed by atoms with Crippen molar-refractivity contribution in [1.29, 1.82) is 0 Å². The molecule has 9 nitrogen and oxygen atoms in total. The van der Waals surface area contributed by atoms with Crippen molar-refractivity contribution in [2.24, 2.45) is 5.92 Å². The van der Waals surface area contributed by atoms with E-state index in [-0.39, 0.29) is 55.4 Å². The predicted octanol–water partition coefficient (Wildman–Crippen LogP) is 1.02. The lowest BCUT2D eigenvalue weighted by Crippen LogP contribution is -2.55. The molecule has 1 aromatic carbocycles. The molecular formula is C21H28N4O5S. The topological polar surface area (TPSA) is 107 Å². The summed E-state index contributed by atoms with van der Waals surface area (Å²) < 4.78 is 26.9. The third-order valence-electron chi connectivity index (χ3n) is 6.77. The van der Waals surface area contributed by atoms with Gasteiger partial charge in [-0.25, -0.2) is 13.2 Å². The van der Waals surface area contributed by atoms with E-state index in [4.69, 9.17) is 0 Å². The molecule has 1 saturated carbocycles. The van der Waals surface area contributed by atoms with E-state index < -0.39 is 21.6 Å². The van der Waals surface area contributed by atoms with E-state index in [0.717, 1.165) is 24.2 Å². The Labute approximate surface area is 182 Å². The first kappa shape index (κ1) is 21.8. The maximum absolute atomic E-state index is 13.0. The Hall–Kier alpha value is -2.46. The van der Waals surface area contributed by atoms with Crippen LogP contribution in [0, 0.1) is 5.92 Å². The average Bonchev–Trinajstić information content (AvgIpc) is 3.01. The Morgan fingerprint density at radius 3 is 2.42 bits per heavy atom. The van der Waals surface area contributed by atoms with E-state index in [1.807, 2.05) is 6.92 Å². The first-order chi connectivity index (χ1) is 14.8. The van der Waals surface area contributed by atoms with Crippen LogP contribution >= 0.6 is 0 Å². The first-order valence-corrected chi connectivity index (χ1v) is 12.2. The van der Waals surface area contributed by atoms with Gasteiger partial charge in [0.1, 0.15) is 12.1 Å². The maximum atomic E-state index is 13.0. The molecule has 0 bridgehead atoms. The van der Waals surface area contributed by atoms with E-state index in [1.165, 1.54) is 9.21 Å². The zero-order valence-corrected chi connectivity index (χ0v) is 18.4. The van der Waals surface area contributed by atoms with Crippen LogP contribution in [-0.2, 0) is 19.6 Å². The van der Waals surface area contributed by atoms with Crippen LogP contribution in [0.4, 0.5) is 4.79 Å². The van der Waals surface area contributed by atoms with Gasteiger partial charge in [-0.2, -0.15) is 4.31 Å². The fourth-order valence-electron chi connectivity index (χ4n) is 4.79. The van der Waals surface area contributed by atoms with Crippen molar-refractivity contribution in [2.45, 2.75) is 43.0 Å². The van der Waals surface area contributed by atoms with Gasteiger partial charge in [0.05, 0.1) is 4.90 Å². The molecule has 0 radical (unpaired) electrons. The zero-order valence-electron chi connectivity index (χ0n) is 17.6. The van der Waals surface area contributed by atoms with Gasteiger partial charge in [0, 0.05) is 26.2 Å². The fourth-order valence-corrected chi connectivity index (χ4v) is 6.24. The van der Waals surface area contributed by atoms with Crippen molar-refractivity contribution in [1.82, 2.24) is 19.4 Å². The molecule has 3 aliphatic rings. The number of sulfonamides is 1. The van der Waals surface area contributed by atoms with E-state index in [0.29, 0.717) is 6.42 Å². The second-order valence-corrected chi connectivity index (χ2v) is 10.5. The molecule has 31 heavy (non-hydrogen) atoms. The van der Waals surface area contributed by atoms with Crippen LogP contribution in [0.3, 0.4) is 0 Å². The van der Waals surface area contributed by atoms with Crippen LogP contribution in [0.25, 0.3) is 0 Å². The van der Waals surface area contributed by atoms with E-state index in [1.54, 1.807) is 30.3 Å². The average molecular weight is 449 g/mol.